The highest BCUT2D eigenvalue weighted by Crippen LogP contribution is 2.35. The topological polar surface area (TPSA) is 90.4 Å². The number of carbonyl (C=O) groups excluding carboxylic acids is 2. The number of nitrogens with two attached hydrogens (primary N) is 1. The molecule has 1 saturated heterocycles. The summed E-state index contributed by atoms with van der Waals surface area (Å²) in [6, 6.07) is 11.4. The molecule has 3 rings (SSSR count). The number of anilines is 1. The van der Waals surface area contributed by atoms with Crippen molar-refractivity contribution in [1.82, 2.24) is 4.90 Å². The van der Waals surface area contributed by atoms with Gasteiger partial charge in [0.15, 0.2) is 0 Å². The van der Waals surface area contributed by atoms with Crippen LogP contribution in [-0.4, -0.2) is 42.4 Å². The van der Waals surface area contributed by atoms with Crippen LogP contribution >= 0.6 is 0 Å². The maximum atomic E-state index is 13.3. The van der Waals surface area contributed by atoms with Gasteiger partial charge in [-0.1, -0.05) is 29.8 Å². The molecule has 1 heterocycles. The van der Waals surface area contributed by atoms with E-state index in [2.05, 4.69) is 0 Å². The Balaban J connectivity index is 1.80. The molecular formula is C22H21F3N4O2. The smallest absolute Gasteiger partial charge is 0.368 e. The SMILES string of the molecule is Cc1ccc(CC(=O)N2CCN(c3ccc(C#N)c(C(F)(F)F)c3)CC2C(N)=O)cc1. The van der Waals surface area contributed by atoms with Crippen LogP contribution in [0.3, 0.4) is 0 Å². The van der Waals surface area contributed by atoms with Gasteiger partial charge in [0.25, 0.3) is 0 Å². The number of amides is 2. The van der Waals surface area contributed by atoms with Crippen LogP contribution in [0.15, 0.2) is 42.5 Å². The summed E-state index contributed by atoms with van der Waals surface area (Å²) in [7, 11) is 0. The van der Waals surface area contributed by atoms with E-state index in [4.69, 9.17) is 11.0 Å². The summed E-state index contributed by atoms with van der Waals surface area (Å²) in [5, 5.41) is 8.96. The third-order valence-electron chi connectivity index (χ3n) is 5.30. The van der Waals surface area contributed by atoms with E-state index in [0.717, 1.165) is 23.3 Å². The van der Waals surface area contributed by atoms with Crippen molar-refractivity contribution in [2.75, 3.05) is 24.5 Å². The van der Waals surface area contributed by atoms with Crippen LogP contribution in [0.25, 0.3) is 0 Å². The zero-order valence-corrected chi connectivity index (χ0v) is 16.8. The van der Waals surface area contributed by atoms with Gasteiger partial charge in [-0.25, -0.2) is 0 Å². The zero-order chi connectivity index (χ0) is 22.8. The summed E-state index contributed by atoms with van der Waals surface area (Å²) in [5.41, 5.74) is 6.06. The second-order valence-corrected chi connectivity index (χ2v) is 7.45. The first-order chi connectivity index (χ1) is 14.6. The number of nitrogens with zero attached hydrogens (tertiary/aromatic N) is 3. The van der Waals surface area contributed by atoms with Gasteiger partial charge >= 0.3 is 6.18 Å². The standard InChI is InChI=1S/C22H21F3N4O2/c1-14-2-4-15(5-3-14)10-20(30)29-9-8-28(13-19(29)21(27)31)17-7-6-16(12-26)18(11-17)22(23,24)25/h2-7,11,19H,8-10,13H2,1H3,(H2,27,31). The number of rotatable bonds is 4. The molecule has 2 aromatic rings. The lowest BCUT2D eigenvalue weighted by atomic mass is 10.0. The van der Waals surface area contributed by atoms with E-state index in [-0.39, 0.29) is 37.6 Å². The van der Waals surface area contributed by atoms with E-state index in [9.17, 15) is 22.8 Å². The van der Waals surface area contributed by atoms with E-state index in [1.807, 2.05) is 31.2 Å². The van der Waals surface area contributed by atoms with Gasteiger partial charge in [0.1, 0.15) is 6.04 Å². The normalized spacial score (nSPS) is 16.7. The summed E-state index contributed by atoms with van der Waals surface area (Å²) in [6.07, 6.45) is -4.59. The Bertz CT molecular complexity index is 1030. The molecule has 2 amide bonds. The number of hydrogen-bond acceptors (Lipinski definition) is 4. The van der Waals surface area contributed by atoms with Gasteiger partial charge in [0.05, 0.1) is 23.6 Å². The summed E-state index contributed by atoms with van der Waals surface area (Å²) in [5.74, 6) is -1.00. The molecule has 1 fully saturated rings. The van der Waals surface area contributed by atoms with Crippen molar-refractivity contribution in [3.63, 3.8) is 0 Å². The Morgan fingerprint density at radius 1 is 1.16 bits per heavy atom. The van der Waals surface area contributed by atoms with Gasteiger partial charge in [-0.05, 0) is 30.7 Å². The molecule has 162 valence electrons. The predicted octanol–water partition coefficient (Wildman–Crippen LogP) is 2.63. The van der Waals surface area contributed by atoms with E-state index < -0.39 is 29.3 Å². The minimum Gasteiger partial charge on any atom is -0.368 e. The van der Waals surface area contributed by atoms with Gasteiger partial charge in [-0.15, -0.1) is 0 Å². The van der Waals surface area contributed by atoms with Crippen LogP contribution in [0.2, 0.25) is 0 Å². The number of carbonyl (C=O) groups is 2. The van der Waals surface area contributed by atoms with Crippen molar-refractivity contribution in [2.45, 2.75) is 25.6 Å². The number of hydrogen-bond donors (Lipinski definition) is 1. The monoisotopic (exact) mass is 430 g/mol. The molecule has 1 unspecified atom stereocenters. The minimum atomic E-state index is -4.68. The highest BCUT2D eigenvalue weighted by Gasteiger charge is 2.37. The van der Waals surface area contributed by atoms with Crippen LogP contribution in [0.4, 0.5) is 18.9 Å². The summed E-state index contributed by atoms with van der Waals surface area (Å²) in [6.45, 7) is 2.27. The van der Waals surface area contributed by atoms with E-state index in [1.54, 1.807) is 11.0 Å². The molecule has 0 saturated carbocycles. The van der Waals surface area contributed by atoms with E-state index >= 15 is 0 Å². The zero-order valence-electron chi connectivity index (χ0n) is 16.8. The van der Waals surface area contributed by atoms with Gasteiger partial charge in [-0.2, -0.15) is 18.4 Å². The number of nitriles is 1. The van der Waals surface area contributed by atoms with Crippen LogP contribution in [0.1, 0.15) is 22.3 Å². The molecule has 1 atom stereocenters. The van der Waals surface area contributed by atoms with Gasteiger partial charge in [0, 0.05) is 25.3 Å². The average Bonchev–Trinajstić information content (AvgIpc) is 2.73. The molecule has 6 nitrogen and oxygen atoms in total. The first kappa shape index (κ1) is 22.2. The molecule has 0 spiro atoms. The molecule has 1 aliphatic heterocycles. The quantitative estimate of drug-likeness (QED) is 0.808. The van der Waals surface area contributed by atoms with Gasteiger partial charge in [0.2, 0.25) is 11.8 Å². The molecule has 0 bridgehead atoms. The highest BCUT2D eigenvalue weighted by molar-refractivity contribution is 5.88. The number of benzene rings is 2. The predicted molar refractivity (Wildman–Crippen MR) is 108 cm³/mol. The van der Waals surface area contributed by atoms with Crippen molar-refractivity contribution >= 4 is 17.5 Å². The number of primary amides is 1. The summed E-state index contributed by atoms with van der Waals surface area (Å²) < 4.78 is 39.9. The van der Waals surface area contributed by atoms with E-state index in [0.29, 0.717) is 0 Å². The lowest BCUT2D eigenvalue weighted by Crippen LogP contribution is -2.60. The van der Waals surface area contributed by atoms with Crippen LogP contribution in [-0.2, 0) is 22.2 Å². The molecule has 2 aromatic carbocycles. The van der Waals surface area contributed by atoms with Gasteiger partial charge < -0.3 is 15.5 Å². The lowest BCUT2D eigenvalue weighted by Gasteiger charge is -2.41. The van der Waals surface area contributed by atoms with Crippen LogP contribution in [0.5, 0.6) is 0 Å². The molecular weight excluding hydrogens is 409 g/mol. The molecule has 0 aliphatic carbocycles. The van der Waals surface area contributed by atoms with Crippen molar-refractivity contribution in [1.29, 1.82) is 5.26 Å². The molecule has 2 N–H and O–H groups in total. The summed E-state index contributed by atoms with van der Waals surface area (Å²) >= 11 is 0. The Kier molecular flexibility index (Phi) is 6.20. The Morgan fingerprint density at radius 2 is 1.84 bits per heavy atom. The maximum absolute atomic E-state index is 13.3. The highest BCUT2D eigenvalue weighted by atomic mass is 19.4. The van der Waals surface area contributed by atoms with Crippen LogP contribution < -0.4 is 10.6 Å². The second kappa shape index (κ2) is 8.68. The average molecular weight is 430 g/mol. The maximum Gasteiger partial charge on any atom is 0.417 e. The molecule has 1 aliphatic rings. The molecule has 31 heavy (non-hydrogen) atoms. The fraction of sp³-hybridized carbons (Fsp3) is 0.318. The van der Waals surface area contributed by atoms with Crippen molar-refractivity contribution in [3.8, 4) is 6.07 Å². The first-order valence-corrected chi connectivity index (χ1v) is 9.61. The third kappa shape index (κ3) is 4.97. The minimum absolute atomic E-state index is 0.0296. The van der Waals surface area contributed by atoms with E-state index in [1.165, 1.54) is 11.0 Å². The second-order valence-electron chi connectivity index (χ2n) is 7.45. The number of halogens is 3. The Labute approximate surface area is 177 Å². The third-order valence-corrected chi connectivity index (χ3v) is 5.30. The number of alkyl halides is 3. The summed E-state index contributed by atoms with van der Waals surface area (Å²) in [4.78, 5) is 27.8. The van der Waals surface area contributed by atoms with Crippen molar-refractivity contribution in [2.24, 2.45) is 5.73 Å². The number of piperazine rings is 1. The molecule has 9 heteroatoms. The van der Waals surface area contributed by atoms with Crippen molar-refractivity contribution in [3.05, 3.63) is 64.7 Å². The van der Waals surface area contributed by atoms with Crippen molar-refractivity contribution < 1.29 is 22.8 Å². The van der Waals surface area contributed by atoms with Gasteiger partial charge in [-0.3, -0.25) is 9.59 Å². The molecule has 0 radical (unpaired) electrons. The Hall–Kier alpha value is -3.54. The number of aryl methyl sites for hydroxylation is 1. The molecule has 0 aromatic heterocycles. The fourth-order valence-corrected chi connectivity index (χ4v) is 3.60. The first-order valence-electron chi connectivity index (χ1n) is 9.61. The lowest BCUT2D eigenvalue weighted by molar-refractivity contribution is -0.139. The largest absolute Gasteiger partial charge is 0.417 e. The Morgan fingerprint density at radius 3 is 2.42 bits per heavy atom. The van der Waals surface area contributed by atoms with Crippen LogP contribution in [0, 0.1) is 18.3 Å². The fourth-order valence-electron chi connectivity index (χ4n) is 3.60.